The van der Waals surface area contributed by atoms with Crippen molar-refractivity contribution >= 4 is 5.91 Å². The minimum Gasteiger partial charge on any atom is -0.396 e. The van der Waals surface area contributed by atoms with E-state index in [1.807, 2.05) is 13.8 Å². The number of aliphatic hydroxyl groups excluding tert-OH is 1. The van der Waals surface area contributed by atoms with Crippen LogP contribution < -0.4 is 10.6 Å². The van der Waals surface area contributed by atoms with Crippen molar-refractivity contribution in [2.24, 2.45) is 11.8 Å². The predicted octanol–water partition coefficient (Wildman–Crippen LogP) is -0.661. The lowest BCUT2D eigenvalue weighted by Gasteiger charge is -2.28. The second-order valence-corrected chi connectivity index (χ2v) is 3.81. The quantitative estimate of drug-likeness (QED) is 0.546. The zero-order chi connectivity index (χ0) is 9.84. The van der Waals surface area contributed by atoms with Gasteiger partial charge in [0.1, 0.15) is 0 Å². The molecule has 2 atom stereocenters. The van der Waals surface area contributed by atoms with Crippen LogP contribution in [0.4, 0.5) is 0 Å². The number of carbonyl (C=O) groups excluding carboxylic acids is 1. The maximum atomic E-state index is 11.4. The van der Waals surface area contributed by atoms with E-state index in [2.05, 4.69) is 10.6 Å². The first-order valence-electron chi connectivity index (χ1n) is 4.77. The third kappa shape index (κ3) is 2.67. The maximum absolute atomic E-state index is 11.4. The molecule has 0 saturated carbocycles. The van der Waals surface area contributed by atoms with Crippen molar-refractivity contribution < 1.29 is 9.90 Å². The van der Waals surface area contributed by atoms with Crippen LogP contribution in [0.2, 0.25) is 0 Å². The first-order valence-corrected chi connectivity index (χ1v) is 4.77. The number of nitrogens with one attached hydrogen (secondary N) is 2. The van der Waals surface area contributed by atoms with Crippen LogP contribution in [0.15, 0.2) is 0 Å². The van der Waals surface area contributed by atoms with Gasteiger partial charge in [0, 0.05) is 25.7 Å². The number of hydrogen-bond acceptors (Lipinski definition) is 3. The molecule has 0 spiro atoms. The predicted molar refractivity (Wildman–Crippen MR) is 50.2 cm³/mol. The summed E-state index contributed by atoms with van der Waals surface area (Å²) in [5, 5.41) is 14.8. The Balaban J connectivity index is 2.26. The minimum absolute atomic E-state index is 0.0538. The van der Waals surface area contributed by atoms with Gasteiger partial charge in [-0.3, -0.25) is 4.79 Å². The van der Waals surface area contributed by atoms with Gasteiger partial charge in [0.05, 0.1) is 5.92 Å². The Morgan fingerprint density at radius 3 is 2.62 bits per heavy atom. The number of amides is 1. The molecule has 76 valence electrons. The molecule has 0 aromatic heterocycles. The highest BCUT2D eigenvalue weighted by atomic mass is 16.3. The first kappa shape index (κ1) is 10.5. The van der Waals surface area contributed by atoms with Gasteiger partial charge in [-0.05, 0) is 12.8 Å². The molecule has 4 heteroatoms. The minimum atomic E-state index is 0.0538. The highest BCUT2D eigenvalue weighted by Gasteiger charge is 2.26. The molecule has 0 radical (unpaired) electrons. The zero-order valence-corrected chi connectivity index (χ0v) is 8.21. The van der Waals surface area contributed by atoms with Crippen LogP contribution in [0.5, 0.6) is 0 Å². The van der Waals surface area contributed by atoms with Crippen LogP contribution in [0.3, 0.4) is 0 Å². The topological polar surface area (TPSA) is 61.4 Å². The molecule has 1 aliphatic heterocycles. The molecule has 0 aliphatic carbocycles. The average molecular weight is 186 g/mol. The van der Waals surface area contributed by atoms with Crippen molar-refractivity contribution in [1.82, 2.24) is 10.6 Å². The summed E-state index contributed by atoms with van der Waals surface area (Å²) in [4.78, 5) is 11.4. The maximum Gasteiger partial charge on any atom is 0.225 e. The Morgan fingerprint density at radius 2 is 2.23 bits per heavy atom. The molecule has 0 aromatic rings. The number of aliphatic hydroxyl groups is 1. The number of rotatable bonds is 4. The summed E-state index contributed by atoms with van der Waals surface area (Å²) in [7, 11) is 0. The SMILES string of the molecule is CC(CO)C(C)NC(=O)C1CNC1. The molecule has 1 saturated heterocycles. The van der Waals surface area contributed by atoms with Crippen molar-refractivity contribution in [3.8, 4) is 0 Å². The van der Waals surface area contributed by atoms with Gasteiger partial charge in [-0.2, -0.15) is 0 Å². The van der Waals surface area contributed by atoms with Gasteiger partial charge < -0.3 is 15.7 Å². The average Bonchev–Trinajstić information content (AvgIpc) is 1.99. The molecule has 1 fully saturated rings. The Bertz CT molecular complexity index is 180. The van der Waals surface area contributed by atoms with E-state index in [4.69, 9.17) is 5.11 Å². The van der Waals surface area contributed by atoms with Crippen LogP contribution >= 0.6 is 0 Å². The van der Waals surface area contributed by atoms with Gasteiger partial charge in [0.15, 0.2) is 0 Å². The second-order valence-electron chi connectivity index (χ2n) is 3.81. The van der Waals surface area contributed by atoms with Gasteiger partial charge in [0.25, 0.3) is 0 Å². The Hall–Kier alpha value is -0.610. The summed E-state index contributed by atoms with van der Waals surface area (Å²) in [6.07, 6.45) is 0. The summed E-state index contributed by atoms with van der Waals surface area (Å²) in [5.41, 5.74) is 0. The summed E-state index contributed by atoms with van der Waals surface area (Å²) in [6.45, 7) is 5.53. The molecule has 1 rings (SSSR count). The normalized spacial score (nSPS) is 21.8. The lowest BCUT2D eigenvalue weighted by atomic mass is 10.00. The van der Waals surface area contributed by atoms with Crippen molar-refractivity contribution in [3.05, 3.63) is 0 Å². The molecular formula is C9H18N2O2. The largest absolute Gasteiger partial charge is 0.396 e. The summed E-state index contributed by atoms with van der Waals surface area (Å²) in [6, 6.07) is 0.0538. The fourth-order valence-electron chi connectivity index (χ4n) is 1.12. The van der Waals surface area contributed by atoms with Crippen LogP contribution in [0.1, 0.15) is 13.8 Å². The van der Waals surface area contributed by atoms with Gasteiger partial charge in [-0.15, -0.1) is 0 Å². The molecular weight excluding hydrogens is 168 g/mol. The van der Waals surface area contributed by atoms with Crippen LogP contribution in [-0.2, 0) is 4.79 Å². The third-order valence-electron chi connectivity index (χ3n) is 2.66. The van der Waals surface area contributed by atoms with E-state index in [1.165, 1.54) is 0 Å². The molecule has 4 nitrogen and oxygen atoms in total. The van der Waals surface area contributed by atoms with Gasteiger partial charge >= 0.3 is 0 Å². The van der Waals surface area contributed by atoms with Crippen molar-refractivity contribution in [2.75, 3.05) is 19.7 Å². The molecule has 13 heavy (non-hydrogen) atoms. The third-order valence-corrected chi connectivity index (χ3v) is 2.66. The molecule has 3 N–H and O–H groups in total. The Morgan fingerprint density at radius 1 is 1.62 bits per heavy atom. The van der Waals surface area contributed by atoms with Crippen molar-refractivity contribution in [2.45, 2.75) is 19.9 Å². The van der Waals surface area contributed by atoms with E-state index < -0.39 is 0 Å². The lowest BCUT2D eigenvalue weighted by molar-refractivity contribution is -0.127. The van der Waals surface area contributed by atoms with Crippen molar-refractivity contribution in [1.29, 1.82) is 0 Å². The van der Waals surface area contributed by atoms with E-state index in [1.54, 1.807) is 0 Å². The molecule has 0 bridgehead atoms. The highest BCUT2D eigenvalue weighted by molar-refractivity contribution is 5.80. The van der Waals surface area contributed by atoms with Gasteiger partial charge in [0.2, 0.25) is 5.91 Å². The summed E-state index contributed by atoms with van der Waals surface area (Å²) >= 11 is 0. The van der Waals surface area contributed by atoms with E-state index in [9.17, 15) is 4.79 Å². The van der Waals surface area contributed by atoms with E-state index >= 15 is 0 Å². The molecule has 1 aliphatic rings. The monoisotopic (exact) mass is 186 g/mol. The number of carbonyl (C=O) groups is 1. The Kier molecular flexibility index (Phi) is 3.69. The van der Waals surface area contributed by atoms with Gasteiger partial charge in [-0.1, -0.05) is 6.92 Å². The second kappa shape index (κ2) is 4.58. The number of hydrogen-bond donors (Lipinski definition) is 3. The lowest BCUT2D eigenvalue weighted by Crippen LogP contribution is -2.53. The summed E-state index contributed by atoms with van der Waals surface area (Å²) in [5.74, 6) is 0.358. The molecule has 1 amide bonds. The van der Waals surface area contributed by atoms with E-state index in [-0.39, 0.29) is 30.4 Å². The molecule has 2 unspecified atom stereocenters. The van der Waals surface area contributed by atoms with Crippen molar-refractivity contribution in [3.63, 3.8) is 0 Å². The fraction of sp³-hybridized carbons (Fsp3) is 0.889. The smallest absolute Gasteiger partial charge is 0.225 e. The molecule has 0 aromatic carbocycles. The zero-order valence-electron chi connectivity index (χ0n) is 8.21. The van der Waals surface area contributed by atoms with E-state index in [0.29, 0.717) is 0 Å². The molecule has 1 heterocycles. The van der Waals surface area contributed by atoms with Crippen LogP contribution in [-0.4, -0.2) is 36.8 Å². The van der Waals surface area contributed by atoms with E-state index in [0.717, 1.165) is 13.1 Å². The van der Waals surface area contributed by atoms with Gasteiger partial charge in [-0.25, -0.2) is 0 Å². The standard InChI is InChI=1S/C9H18N2O2/c1-6(5-12)7(2)11-9(13)8-3-10-4-8/h6-8,10,12H,3-5H2,1-2H3,(H,11,13). The van der Waals surface area contributed by atoms with Crippen LogP contribution in [0, 0.1) is 11.8 Å². The summed E-state index contributed by atoms with van der Waals surface area (Å²) < 4.78 is 0. The first-order chi connectivity index (χ1) is 6.15. The van der Waals surface area contributed by atoms with Crippen LogP contribution in [0.25, 0.3) is 0 Å². The highest BCUT2D eigenvalue weighted by Crippen LogP contribution is 2.06. The Labute approximate surface area is 78.7 Å². The fourth-order valence-corrected chi connectivity index (χ4v) is 1.12.